The number of aryl methyl sites for hydroxylation is 2. The Kier molecular flexibility index (Phi) is 6.20. The highest BCUT2D eigenvalue weighted by Gasteiger charge is 2.22. The van der Waals surface area contributed by atoms with Crippen molar-refractivity contribution in [1.29, 1.82) is 0 Å². The van der Waals surface area contributed by atoms with Crippen LogP contribution in [0.3, 0.4) is 0 Å². The van der Waals surface area contributed by atoms with Gasteiger partial charge in [-0.05, 0) is 38.5 Å². The Morgan fingerprint density at radius 2 is 2.07 bits per heavy atom. The molecule has 27 heavy (non-hydrogen) atoms. The molecule has 0 aliphatic carbocycles. The van der Waals surface area contributed by atoms with Gasteiger partial charge in [-0.15, -0.1) is 0 Å². The fourth-order valence-electron chi connectivity index (χ4n) is 2.86. The first-order valence-corrected chi connectivity index (χ1v) is 9.09. The van der Waals surface area contributed by atoms with Gasteiger partial charge in [0.15, 0.2) is 5.82 Å². The number of nitrogens with zero attached hydrogens (tertiary/aromatic N) is 2. The first-order valence-electron chi connectivity index (χ1n) is 9.09. The van der Waals surface area contributed by atoms with E-state index in [9.17, 15) is 4.79 Å². The molecule has 0 bridgehead atoms. The van der Waals surface area contributed by atoms with Crippen molar-refractivity contribution in [2.75, 3.05) is 30.3 Å². The summed E-state index contributed by atoms with van der Waals surface area (Å²) in [6.07, 6.45) is 3.07. The number of carbonyl (C=O) groups is 1. The molecule has 1 aromatic carbocycles. The zero-order valence-electron chi connectivity index (χ0n) is 15.9. The number of nitrogens with one attached hydrogen (secondary N) is 4. The maximum Gasteiger partial charge on any atom is 0.324 e. The summed E-state index contributed by atoms with van der Waals surface area (Å²) in [6.45, 7) is 8.55. The van der Waals surface area contributed by atoms with E-state index in [4.69, 9.17) is 4.74 Å². The summed E-state index contributed by atoms with van der Waals surface area (Å²) in [5.74, 6) is 1.02. The van der Waals surface area contributed by atoms with Gasteiger partial charge in [0.05, 0.1) is 29.8 Å². The average Bonchev–Trinajstić information content (AvgIpc) is 2.66. The van der Waals surface area contributed by atoms with Crippen molar-refractivity contribution in [1.82, 2.24) is 20.6 Å². The molecular weight excluding hydrogens is 344 g/mol. The molecule has 1 fully saturated rings. The maximum atomic E-state index is 12.3. The Labute approximate surface area is 159 Å². The van der Waals surface area contributed by atoms with Crippen molar-refractivity contribution in [2.24, 2.45) is 0 Å². The van der Waals surface area contributed by atoms with Crippen LogP contribution in [0.2, 0.25) is 0 Å². The van der Waals surface area contributed by atoms with Crippen LogP contribution < -0.4 is 26.0 Å². The van der Waals surface area contributed by atoms with Crippen molar-refractivity contribution in [3.05, 3.63) is 41.9 Å². The number of aromatic nitrogens is 2. The molecule has 1 aromatic heterocycles. The Morgan fingerprint density at radius 3 is 2.78 bits per heavy atom. The van der Waals surface area contributed by atoms with E-state index in [0.717, 1.165) is 30.9 Å². The van der Waals surface area contributed by atoms with Gasteiger partial charge in [0.2, 0.25) is 0 Å². The number of amides is 2. The number of carbonyl (C=O) groups excluding carboxylic acids is 1. The van der Waals surface area contributed by atoms with Crippen LogP contribution >= 0.6 is 0 Å². The topological polar surface area (TPSA) is 100 Å². The third kappa shape index (κ3) is 5.38. The third-order valence-electron chi connectivity index (χ3n) is 4.36. The summed E-state index contributed by atoms with van der Waals surface area (Å²) in [5, 5.41) is 12.3. The molecule has 2 heterocycles. The number of ether oxygens (including phenoxy) is 1. The van der Waals surface area contributed by atoms with Crippen LogP contribution in [-0.2, 0) is 0 Å². The number of hydrogen-bond donors (Lipinski definition) is 4. The predicted molar refractivity (Wildman–Crippen MR) is 105 cm³/mol. The first kappa shape index (κ1) is 19.1. The normalized spacial score (nSPS) is 17.8. The fraction of sp³-hybridized carbons (Fsp3) is 0.421. The van der Waals surface area contributed by atoms with Crippen LogP contribution in [-0.4, -0.2) is 47.8 Å². The number of urea groups is 1. The highest BCUT2D eigenvalue weighted by atomic mass is 16.5. The van der Waals surface area contributed by atoms with Crippen LogP contribution in [0.1, 0.15) is 18.2 Å². The minimum absolute atomic E-state index is 0.0490. The molecular formula is C19H26N6O2. The Morgan fingerprint density at radius 1 is 1.22 bits per heavy atom. The smallest absolute Gasteiger partial charge is 0.324 e. The summed E-state index contributed by atoms with van der Waals surface area (Å²) >= 11 is 0. The second-order valence-electron chi connectivity index (χ2n) is 6.71. The van der Waals surface area contributed by atoms with Gasteiger partial charge < -0.3 is 20.7 Å². The SMILES string of the molecule is Cc1ccc(OC(C)C2CNCCN2)c(NC(=O)Nc2cnc(C)cn2)c1. The Hall–Kier alpha value is -2.71. The van der Waals surface area contributed by atoms with E-state index in [1.807, 2.05) is 39.0 Å². The lowest BCUT2D eigenvalue weighted by molar-refractivity contribution is 0.160. The summed E-state index contributed by atoms with van der Waals surface area (Å²) in [5.41, 5.74) is 2.43. The van der Waals surface area contributed by atoms with Gasteiger partial charge in [-0.3, -0.25) is 10.3 Å². The minimum atomic E-state index is -0.395. The third-order valence-corrected chi connectivity index (χ3v) is 4.36. The molecule has 4 N–H and O–H groups in total. The molecule has 3 rings (SSSR count). The molecule has 2 amide bonds. The van der Waals surface area contributed by atoms with E-state index in [-0.39, 0.29) is 12.1 Å². The van der Waals surface area contributed by atoms with Crippen LogP contribution in [0.5, 0.6) is 5.75 Å². The molecule has 1 aliphatic rings. The van der Waals surface area contributed by atoms with Gasteiger partial charge in [-0.1, -0.05) is 6.07 Å². The lowest BCUT2D eigenvalue weighted by Crippen LogP contribution is -2.54. The summed E-state index contributed by atoms with van der Waals surface area (Å²) in [6, 6.07) is 5.54. The van der Waals surface area contributed by atoms with Crippen molar-refractivity contribution >= 4 is 17.5 Å². The molecule has 0 saturated carbocycles. The average molecular weight is 370 g/mol. The highest BCUT2D eigenvalue weighted by Crippen LogP contribution is 2.27. The van der Waals surface area contributed by atoms with E-state index >= 15 is 0 Å². The van der Waals surface area contributed by atoms with Crippen molar-refractivity contribution in [2.45, 2.75) is 32.9 Å². The lowest BCUT2D eigenvalue weighted by atomic mass is 10.1. The van der Waals surface area contributed by atoms with Crippen LogP contribution in [0, 0.1) is 13.8 Å². The fourth-order valence-corrected chi connectivity index (χ4v) is 2.86. The van der Waals surface area contributed by atoms with E-state index in [0.29, 0.717) is 17.3 Å². The number of rotatable bonds is 5. The van der Waals surface area contributed by atoms with Gasteiger partial charge in [0.25, 0.3) is 0 Å². The quantitative estimate of drug-likeness (QED) is 0.643. The Balaban J connectivity index is 1.67. The van der Waals surface area contributed by atoms with Crippen molar-refractivity contribution < 1.29 is 9.53 Å². The van der Waals surface area contributed by atoms with Gasteiger partial charge in [0.1, 0.15) is 11.9 Å². The van der Waals surface area contributed by atoms with Gasteiger partial charge in [0, 0.05) is 19.6 Å². The Bertz CT molecular complexity index is 774. The number of piperazine rings is 1. The molecule has 0 radical (unpaired) electrons. The predicted octanol–water partition coefficient (Wildman–Crippen LogP) is 2.07. The molecule has 144 valence electrons. The van der Waals surface area contributed by atoms with Crippen LogP contribution in [0.25, 0.3) is 0 Å². The second-order valence-corrected chi connectivity index (χ2v) is 6.71. The van der Waals surface area contributed by atoms with Gasteiger partial charge >= 0.3 is 6.03 Å². The highest BCUT2D eigenvalue weighted by molar-refractivity contribution is 6.00. The largest absolute Gasteiger partial charge is 0.487 e. The second kappa shape index (κ2) is 8.79. The maximum absolute atomic E-state index is 12.3. The number of anilines is 2. The minimum Gasteiger partial charge on any atom is -0.487 e. The molecule has 1 aliphatic heterocycles. The molecule has 2 unspecified atom stereocenters. The summed E-state index contributed by atoms with van der Waals surface area (Å²) in [4.78, 5) is 20.6. The number of hydrogen-bond acceptors (Lipinski definition) is 6. The summed E-state index contributed by atoms with van der Waals surface area (Å²) < 4.78 is 6.13. The van der Waals surface area contributed by atoms with Crippen LogP contribution in [0.4, 0.5) is 16.3 Å². The number of benzene rings is 1. The molecule has 8 nitrogen and oxygen atoms in total. The molecule has 2 aromatic rings. The molecule has 2 atom stereocenters. The van der Waals surface area contributed by atoms with Crippen LogP contribution in [0.15, 0.2) is 30.6 Å². The molecule has 8 heteroatoms. The van der Waals surface area contributed by atoms with Crippen molar-refractivity contribution in [3.8, 4) is 5.75 Å². The first-order chi connectivity index (χ1) is 13.0. The van der Waals surface area contributed by atoms with E-state index < -0.39 is 6.03 Å². The zero-order chi connectivity index (χ0) is 19.2. The zero-order valence-corrected chi connectivity index (χ0v) is 15.9. The van der Waals surface area contributed by atoms with Gasteiger partial charge in [-0.25, -0.2) is 9.78 Å². The van der Waals surface area contributed by atoms with E-state index in [2.05, 4.69) is 31.2 Å². The van der Waals surface area contributed by atoms with E-state index in [1.165, 1.54) is 6.20 Å². The van der Waals surface area contributed by atoms with E-state index in [1.54, 1.807) is 6.20 Å². The standard InChI is InChI=1S/C19H26N6O2/c1-12-4-5-17(27-14(3)16-10-20-6-7-21-16)15(8-12)24-19(26)25-18-11-22-13(2)9-23-18/h4-5,8-9,11,14,16,20-21H,6-7,10H2,1-3H3,(H2,23,24,25,26). The lowest BCUT2D eigenvalue weighted by Gasteiger charge is -2.30. The van der Waals surface area contributed by atoms with Gasteiger partial charge in [-0.2, -0.15) is 0 Å². The monoisotopic (exact) mass is 370 g/mol. The molecule has 1 saturated heterocycles. The summed E-state index contributed by atoms with van der Waals surface area (Å²) in [7, 11) is 0. The van der Waals surface area contributed by atoms with Crippen molar-refractivity contribution in [3.63, 3.8) is 0 Å². The molecule has 0 spiro atoms.